The fourth-order valence-electron chi connectivity index (χ4n) is 1.32. The summed E-state index contributed by atoms with van der Waals surface area (Å²) in [5.74, 6) is -0.859. The van der Waals surface area contributed by atoms with Gasteiger partial charge in [0.2, 0.25) is 0 Å². The SMILES string of the molecule is CSc1cccc(COC[Se]CCS(=O)(=O)C(F)(F)F)c1. The first-order valence-electron chi connectivity index (χ1n) is 5.84. The van der Waals surface area contributed by atoms with Crippen LogP contribution in [-0.2, 0) is 21.2 Å². The first-order valence-corrected chi connectivity index (χ1v) is 11.1. The molecule has 9 heteroatoms. The fraction of sp³-hybridized carbons (Fsp3) is 0.500. The predicted molar refractivity (Wildman–Crippen MR) is 78.3 cm³/mol. The van der Waals surface area contributed by atoms with E-state index < -0.39 is 21.1 Å². The second-order valence-corrected chi connectivity index (χ2v) is 9.18. The topological polar surface area (TPSA) is 43.4 Å². The van der Waals surface area contributed by atoms with Crippen molar-refractivity contribution in [2.45, 2.75) is 22.3 Å². The number of halogens is 3. The zero-order chi connectivity index (χ0) is 15.9. The van der Waals surface area contributed by atoms with Gasteiger partial charge in [-0.15, -0.1) is 0 Å². The Bertz CT molecular complexity index is 547. The summed E-state index contributed by atoms with van der Waals surface area (Å²) in [5, 5.41) is -0.000303. The second kappa shape index (κ2) is 8.43. The van der Waals surface area contributed by atoms with Crippen molar-refractivity contribution in [1.82, 2.24) is 0 Å². The molecule has 0 bridgehead atoms. The monoisotopic (exact) mass is 408 g/mol. The molecule has 0 aliphatic heterocycles. The molecular formula is C12H15F3O3S2Se. The number of hydrogen-bond acceptors (Lipinski definition) is 4. The molecule has 0 aliphatic rings. The molecule has 120 valence electrons. The Morgan fingerprint density at radius 1 is 1.33 bits per heavy atom. The van der Waals surface area contributed by atoms with Crippen molar-refractivity contribution in [2.75, 3.05) is 17.5 Å². The van der Waals surface area contributed by atoms with Gasteiger partial charge in [0.05, 0.1) is 0 Å². The maximum absolute atomic E-state index is 12.1. The van der Waals surface area contributed by atoms with Crippen molar-refractivity contribution >= 4 is 36.6 Å². The van der Waals surface area contributed by atoms with Crippen molar-refractivity contribution in [2.24, 2.45) is 0 Å². The molecule has 0 unspecified atom stereocenters. The molecule has 0 aliphatic carbocycles. The number of thioether (sulfide) groups is 1. The van der Waals surface area contributed by atoms with E-state index in [1.54, 1.807) is 11.8 Å². The van der Waals surface area contributed by atoms with E-state index >= 15 is 0 Å². The van der Waals surface area contributed by atoms with E-state index in [1.807, 2.05) is 30.5 Å². The summed E-state index contributed by atoms with van der Waals surface area (Å²) in [5.41, 5.74) is -3.87. The zero-order valence-electron chi connectivity index (χ0n) is 11.2. The van der Waals surface area contributed by atoms with Crippen LogP contribution in [-0.4, -0.2) is 46.4 Å². The summed E-state index contributed by atoms with van der Waals surface area (Å²) in [7, 11) is -4.99. The number of rotatable bonds is 8. The van der Waals surface area contributed by atoms with Gasteiger partial charge in [-0.05, 0) is 0 Å². The molecule has 0 aromatic heterocycles. The van der Waals surface area contributed by atoms with E-state index in [1.165, 1.54) is 0 Å². The molecule has 1 aromatic carbocycles. The first-order chi connectivity index (χ1) is 9.76. The standard InChI is InChI=1S/C12H15F3O3S2Se/c1-19-11-4-2-3-10(7-11)8-18-9-21-6-5-20(16,17)12(13,14)15/h2-4,7H,5-6,8-9H2,1H3. The summed E-state index contributed by atoms with van der Waals surface area (Å²) in [6, 6.07) is 7.76. The van der Waals surface area contributed by atoms with Crippen LogP contribution in [0, 0.1) is 0 Å². The molecule has 0 radical (unpaired) electrons. The van der Waals surface area contributed by atoms with Crippen LogP contribution < -0.4 is 0 Å². The van der Waals surface area contributed by atoms with Crippen LogP contribution in [0.5, 0.6) is 0 Å². The molecule has 3 nitrogen and oxygen atoms in total. The molecule has 1 rings (SSSR count). The quantitative estimate of drug-likeness (QED) is 0.378. The molecule has 0 heterocycles. The Morgan fingerprint density at radius 2 is 2.05 bits per heavy atom. The van der Waals surface area contributed by atoms with Crippen molar-refractivity contribution in [3.8, 4) is 0 Å². The maximum atomic E-state index is 12.1. The van der Waals surface area contributed by atoms with Gasteiger partial charge in [0.15, 0.2) is 0 Å². The molecule has 21 heavy (non-hydrogen) atoms. The number of sulfone groups is 1. The molecule has 0 fully saturated rings. The van der Waals surface area contributed by atoms with Gasteiger partial charge in [0, 0.05) is 0 Å². The Kier molecular flexibility index (Phi) is 7.56. The third-order valence-electron chi connectivity index (χ3n) is 2.42. The van der Waals surface area contributed by atoms with Crippen LogP contribution in [0.2, 0.25) is 5.32 Å². The third kappa shape index (κ3) is 6.61. The Hall–Kier alpha value is -0.211. The Labute approximate surface area is 132 Å². The molecule has 0 spiro atoms. The van der Waals surface area contributed by atoms with Gasteiger partial charge in [-0.25, -0.2) is 0 Å². The van der Waals surface area contributed by atoms with Crippen LogP contribution in [0.1, 0.15) is 5.56 Å². The van der Waals surface area contributed by atoms with Crippen LogP contribution in [0.4, 0.5) is 13.2 Å². The summed E-state index contributed by atoms with van der Waals surface area (Å²) < 4.78 is 63.3. The van der Waals surface area contributed by atoms with Crippen molar-refractivity contribution in [3.05, 3.63) is 29.8 Å². The molecule has 0 saturated carbocycles. The number of ether oxygens (including phenoxy) is 1. The zero-order valence-corrected chi connectivity index (χ0v) is 14.6. The first kappa shape index (κ1) is 18.8. The van der Waals surface area contributed by atoms with Crippen molar-refractivity contribution in [3.63, 3.8) is 0 Å². The van der Waals surface area contributed by atoms with Gasteiger partial charge in [0.25, 0.3) is 0 Å². The van der Waals surface area contributed by atoms with E-state index in [0.29, 0.717) is 12.1 Å². The molecule has 1 aromatic rings. The molecule has 0 N–H and O–H groups in total. The van der Waals surface area contributed by atoms with Crippen LogP contribution in [0.15, 0.2) is 29.2 Å². The van der Waals surface area contributed by atoms with E-state index in [2.05, 4.69) is 0 Å². The Morgan fingerprint density at radius 3 is 2.67 bits per heavy atom. The van der Waals surface area contributed by atoms with Gasteiger partial charge in [0.1, 0.15) is 0 Å². The summed E-state index contributed by atoms with van der Waals surface area (Å²) >= 11 is 1.33. The summed E-state index contributed by atoms with van der Waals surface area (Å²) in [4.78, 5) is 1.11. The normalized spacial score (nSPS) is 12.6. The number of alkyl halides is 3. The van der Waals surface area contributed by atoms with Crippen LogP contribution in [0.25, 0.3) is 0 Å². The minimum atomic E-state index is -5.15. The third-order valence-corrected chi connectivity index (χ3v) is 6.91. The van der Waals surface area contributed by atoms with E-state index in [4.69, 9.17) is 4.74 Å². The Balaban J connectivity index is 2.23. The van der Waals surface area contributed by atoms with Gasteiger partial charge < -0.3 is 0 Å². The minimum absolute atomic E-state index is 0.000303. The van der Waals surface area contributed by atoms with E-state index in [0.717, 1.165) is 10.5 Å². The summed E-state index contributed by atoms with van der Waals surface area (Å²) in [6.45, 7) is 0.377. The average molecular weight is 407 g/mol. The van der Waals surface area contributed by atoms with Gasteiger partial charge in [-0.3, -0.25) is 0 Å². The molecule has 0 saturated heterocycles. The summed E-state index contributed by atoms with van der Waals surface area (Å²) in [6.07, 6.45) is 1.96. The molecular weight excluding hydrogens is 392 g/mol. The van der Waals surface area contributed by atoms with E-state index in [9.17, 15) is 21.6 Å². The fourth-order valence-corrected chi connectivity index (χ4v) is 5.17. The van der Waals surface area contributed by atoms with Crippen molar-refractivity contribution < 1.29 is 26.3 Å². The van der Waals surface area contributed by atoms with Gasteiger partial charge in [-0.2, -0.15) is 0 Å². The van der Waals surface area contributed by atoms with Crippen LogP contribution >= 0.6 is 11.8 Å². The average Bonchev–Trinajstić information content (AvgIpc) is 2.41. The molecule has 0 amide bonds. The number of hydrogen-bond donors (Lipinski definition) is 0. The number of benzene rings is 1. The van der Waals surface area contributed by atoms with Crippen LogP contribution in [0.3, 0.4) is 0 Å². The van der Waals surface area contributed by atoms with Gasteiger partial charge in [-0.1, -0.05) is 0 Å². The molecule has 0 atom stereocenters. The van der Waals surface area contributed by atoms with Crippen molar-refractivity contribution in [1.29, 1.82) is 0 Å². The predicted octanol–water partition coefficient (Wildman–Crippen LogP) is 2.94. The van der Waals surface area contributed by atoms with E-state index in [-0.39, 0.29) is 20.3 Å². The second-order valence-electron chi connectivity index (χ2n) is 3.99. The van der Waals surface area contributed by atoms with Gasteiger partial charge >= 0.3 is 133 Å².